The first kappa shape index (κ1) is 16.1. The van der Waals surface area contributed by atoms with Crippen LogP contribution in [0.3, 0.4) is 0 Å². The van der Waals surface area contributed by atoms with Crippen molar-refractivity contribution < 1.29 is 14.2 Å². The third-order valence-corrected chi connectivity index (χ3v) is 4.22. The molecule has 2 aromatic rings. The van der Waals surface area contributed by atoms with E-state index in [2.05, 4.69) is 15.1 Å². The molecule has 0 amide bonds. The largest absolute Gasteiger partial charge is 0.389 e. The molecule has 2 heterocycles. The number of benzene rings is 1. The van der Waals surface area contributed by atoms with Crippen molar-refractivity contribution in [3.8, 4) is 0 Å². The van der Waals surface area contributed by atoms with Crippen LogP contribution < -0.4 is 0 Å². The Kier molecular flexibility index (Phi) is 5.38. The van der Waals surface area contributed by atoms with Crippen molar-refractivity contribution in [2.75, 3.05) is 19.7 Å². The van der Waals surface area contributed by atoms with Gasteiger partial charge in [0.25, 0.3) is 0 Å². The Bertz CT molecular complexity index is 606. The minimum atomic E-state index is -0.592. The average molecular weight is 319 g/mol. The fourth-order valence-corrected chi connectivity index (χ4v) is 3.09. The van der Waals surface area contributed by atoms with Gasteiger partial charge >= 0.3 is 0 Å². The molecule has 2 atom stereocenters. The average Bonchev–Trinajstić information content (AvgIpc) is 3.20. The van der Waals surface area contributed by atoms with Gasteiger partial charge in [0.1, 0.15) is 5.82 Å². The van der Waals surface area contributed by atoms with Crippen LogP contribution in [0.5, 0.6) is 0 Å². The van der Waals surface area contributed by atoms with E-state index in [1.54, 1.807) is 24.4 Å². The molecule has 0 spiro atoms. The lowest BCUT2D eigenvalue weighted by atomic mass is 10.1. The zero-order valence-electron chi connectivity index (χ0n) is 13.0. The van der Waals surface area contributed by atoms with Crippen LogP contribution in [0.25, 0.3) is 0 Å². The van der Waals surface area contributed by atoms with Crippen LogP contribution in [0.15, 0.2) is 36.5 Å². The van der Waals surface area contributed by atoms with Crippen LogP contribution in [-0.2, 0) is 11.3 Å². The third-order valence-electron chi connectivity index (χ3n) is 4.22. The molecule has 5 nitrogen and oxygen atoms in total. The molecular formula is C17H22FN3O2. The van der Waals surface area contributed by atoms with E-state index in [0.717, 1.165) is 25.1 Å². The van der Waals surface area contributed by atoms with Gasteiger partial charge in [-0.3, -0.25) is 10.00 Å². The van der Waals surface area contributed by atoms with Crippen LogP contribution in [0, 0.1) is 5.82 Å². The zero-order chi connectivity index (χ0) is 16.1. The summed E-state index contributed by atoms with van der Waals surface area (Å²) >= 11 is 0. The first-order valence-electron chi connectivity index (χ1n) is 7.96. The van der Waals surface area contributed by atoms with E-state index < -0.39 is 6.10 Å². The number of aromatic nitrogens is 2. The molecule has 1 aromatic carbocycles. The second-order valence-electron chi connectivity index (χ2n) is 5.93. The first-order chi connectivity index (χ1) is 11.2. The molecule has 23 heavy (non-hydrogen) atoms. The van der Waals surface area contributed by atoms with Gasteiger partial charge in [0, 0.05) is 18.3 Å². The number of hydrogen-bond acceptors (Lipinski definition) is 4. The van der Waals surface area contributed by atoms with Crippen LogP contribution in [0.2, 0.25) is 0 Å². The van der Waals surface area contributed by atoms with Gasteiger partial charge in [0.2, 0.25) is 0 Å². The Morgan fingerprint density at radius 3 is 3.04 bits per heavy atom. The Labute approximate surface area is 135 Å². The molecule has 0 unspecified atom stereocenters. The van der Waals surface area contributed by atoms with Gasteiger partial charge < -0.3 is 9.84 Å². The number of aromatic amines is 1. The van der Waals surface area contributed by atoms with Crippen molar-refractivity contribution in [3.05, 3.63) is 53.6 Å². The van der Waals surface area contributed by atoms with Crippen molar-refractivity contribution in [3.63, 3.8) is 0 Å². The number of nitrogens with one attached hydrogen (secondary N) is 1. The topological polar surface area (TPSA) is 61.4 Å². The monoisotopic (exact) mass is 319 g/mol. The van der Waals surface area contributed by atoms with Crippen molar-refractivity contribution in [2.24, 2.45) is 0 Å². The van der Waals surface area contributed by atoms with Gasteiger partial charge in [0.05, 0.1) is 31.1 Å². The normalized spacial score (nSPS) is 20.0. The van der Waals surface area contributed by atoms with Gasteiger partial charge in [-0.25, -0.2) is 4.39 Å². The highest BCUT2D eigenvalue weighted by Crippen LogP contribution is 2.30. The number of H-pyrrole nitrogens is 1. The number of hydrogen-bond donors (Lipinski definition) is 2. The number of halogens is 1. The number of likely N-dealkylation sites (tertiary alicyclic amines) is 1. The molecule has 3 rings (SSSR count). The van der Waals surface area contributed by atoms with Gasteiger partial charge in [0.15, 0.2) is 0 Å². The summed E-state index contributed by atoms with van der Waals surface area (Å²) in [5.41, 5.74) is 1.60. The molecule has 0 radical (unpaired) electrons. The van der Waals surface area contributed by atoms with Gasteiger partial charge in [-0.2, -0.15) is 5.10 Å². The smallest absolute Gasteiger partial charge is 0.128 e. The molecule has 0 saturated carbocycles. The van der Waals surface area contributed by atoms with Crippen molar-refractivity contribution in [1.29, 1.82) is 0 Å². The fourth-order valence-electron chi connectivity index (χ4n) is 3.09. The lowest BCUT2D eigenvalue weighted by Crippen LogP contribution is -2.34. The number of ether oxygens (including phenoxy) is 1. The molecule has 1 saturated heterocycles. The molecule has 6 heteroatoms. The second kappa shape index (κ2) is 7.68. The molecule has 1 aliphatic rings. The van der Waals surface area contributed by atoms with E-state index in [1.165, 1.54) is 6.07 Å². The van der Waals surface area contributed by atoms with Gasteiger partial charge in [-0.05, 0) is 31.5 Å². The minimum Gasteiger partial charge on any atom is -0.389 e. The third kappa shape index (κ3) is 4.16. The van der Waals surface area contributed by atoms with E-state index in [-0.39, 0.29) is 25.1 Å². The summed E-state index contributed by atoms with van der Waals surface area (Å²) in [6.07, 6.45) is 3.32. The predicted octanol–water partition coefficient (Wildman–Crippen LogP) is 2.26. The number of aliphatic hydroxyl groups is 1. The van der Waals surface area contributed by atoms with E-state index in [4.69, 9.17) is 4.74 Å². The number of aliphatic hydroxyl groups excluding tert-OH is 1. The maximum atomic E-state index is 13.5. The summed E-state index contributed by atoms with van der Waals surface area (Å²) in [5, 5.41) is 17.2. The van der Waals surface area contributed by atoms with Crippen molar-refractivity contribution in [2.45, 2.75) is 31.6 Å². The van der Waals surface area contributed by atoms with Gasteiger partial charge in [-0.1, -0.05) is 18.2 Å². The van der Waals surface area contributed by atoms with E-state index >= 15 is 0 Å². The van der Waals surface area contributed by atoms with E-state index in [0.29, 0.717) is 12.1 Å². The summed E-state index contributed by atoms with van der Waals surface area (Å²) in [5.74, 6) is -0.277. The molecule has 0 bridgehead atoms. The maximum absolute atomic E-state index is 13.5. The van der Waals surface area contributed by atoms with E-state index in [1.807, 2.05) is 6.07 Å². The second-order valence-corrected chi connectivity index (χ2v) is 5.93. The zero-order valence-corrected chi connectivity index (χ0v) is 13.0. The Hall–Kier alpha value is -1.76. The summed E-state index contributed by atoms with van der Waals surface area (Å²) in [6.45, 7) is 1.86. The Morgan fingerprint density at radius 1 is 1.39 bits per heavy atom. The van der Waals surface area contributed by atoms with Crippen LogP contribution >= 0.6 is 0 Å². The SMILES string of the molecule is O[C@@H](COCc1ccccc1F)CN1CCC[C@@H]1c1ccn[nH]1. The molecule has 1 aliphatic heterocycles. The molecule has 124 valence electrons. The highest BCUT2D eigenvalue weighted by Gasteiger charge is 2.28. The van der Waals surface area contributed by atoms with Gasteiger partial charge in [-0.15, -0.1) is 0 Å². The van der Waals surface area contributed by atoms with Crippen LogP contribution in [0.1, 0.15) is 30.1 Å². The highest BCUT2D eigenvalue weighted by atomic mass is 19.1. The van der Waals surface area contributed by atoms with Crippen LogP contribution in [-0.4, -0.2) is 46.0 Å². The van der Waals surface area contributed by atoms with Crippen LogP contribution in [0.4, 0.5) is 4.39 Å². The molecule has 1 aromatic heterocycles. The standard InChI is InChI=1S/C17H22FN3O2/c18-15-5-2-1-4-13(15)11-23-12-14(22)10-21-9-3-6-17(21)16-7-8-19-20-16/h1-2,4-5,7-8,14,17,22H,3,6,9-12H2,(H,19,20)/t14-,17-/m1/s1. The summed E-state index contributed by atoms with van der Waals surface area (Å²) in [6, 6.07) is 8.78. The minimum absolute atomic E-state index is 0.174. The lowest BCUT2D eigenvalue weighted by molar-refractivity contribution is 0.00675. The number of nitrogens with zero attached hydrogens (tertiary/aromatic N) is 2. The summed E-state index contributed by atoms with van der Waals surface area (Å²) in [4.78, 5) is 2.24. The van der Waals surface area contributed by atoms with Crippen molar-refractivity contribution in [1.82, 2.24) is 15.1 Å². The fraction of sp³-hybridized carbons (Fsp3) is 0.471. The quantitative estimate of drug-likeness (QED) is 0.822. The summed E-state index contributed by atoms with van der Waals surface area (Å²) in [7, 11) is 0. The Balaban J connectivity index is 1.46. The number of rotatable bonds is 7. The predicted molar refractivity (Wildman–Crippen MR) is 84.2 cm³/mol. The lowest BCUT2D eigenvalue weighted by Gasteiger charge is -2.25. The van der Waals surface area contributed by atoms with Crippen molar-refractivity contribution >= 4 is 0 Å². The highest BCUT2D eigenvalue weighted by molar-refractivity contribution is 5.16. The molecule has 0 aliphatic carbocycles. The Morgan fingerprint density at radius 2 is 2.26 bits per heavy atom. The molecule has 2 N–H and O–H groups in total. The molecule has 1 fully saturated rings. The first-order valence-corrected chi connectivity index (χ1v) is 7.96. The molecular weight excluding hydrogens is 297 g/mol. The number of β-amino-alcohol motifs (C(OH)–C–C–N with tert-alkyl or cyclic N) is 1. The van der Waals surface area contributed by atoms with E-state index in [9.17, 15) is 9.50 Å². The maximum Gasteiger partial charge on any atom is 0.128 e. The summed E-state index contributed by atoms with van der Waals surface area (Å²) < 4.78 is 19.0.